The maximum atomic E-state index is 5.65. The third-order valence-corrected chi connectivity index (χ3v) is 1.49. The van der Waals surface area contributed by atoms with E-state index in [4.69, 9.17) is 11.6 Å². The van der Waals surface area contributed by atoms with Crippen molar-refractivity contribution in [2.24, 2.45) is 0 Å². The number of nitrogens with zero attached hydrogens (tertiary/aromatic N) is 2. The first kappa shape index (κ1) is 9.00. The van der Waals surface area contributed by atoms with E-state index in [-0.39, 0.29) is 0 Å². The summed E-state index contributed by atoms with van der Waals surface area (Å²) in [4.78, 5) is 7.73. The highest BCUT2D eigenvalue weighted by atomic mass is 35.5. The van der Waals surface area contributed by atoms with E-state index in [9.17, 15) is 0 Å². The maximum Gasteiger partial charge on any atom is 0.134 e. The van der Waals surface area contributed by atoms with Gasteiger partial charge in [0.2, 0.25) is 0 Å². The Labute approximate surface area is 76.5 Å². The normalized spacial score (nSPS) is 9.42. The third-order valence-electron chi connectivity index (χ3n) is 1.29. The quantitative estimate of drug-likeness (QED) is 0.442. The molecule has 1 N–H and O–H groups in total. The van der Waals surface area contributed by atoms with E-state index in [2.05, 4.69) is 21.9 Å². The minimum absolute atomic E-state index is 0.450. The Morgan fingerprint density at radius 1 is 1.58 bits per heavy atom. The van der Waals surface area contributed by atoms with Crippen molar-refractivity contribution in [1.29, 1.82) is 0 Å². The van der Waals surface area contributed by atoms with Crippen LogP contribution in [0.3, 0.4) is 0 Å². The van der Waals surface area contributed by atoms with Gasteiger partial charge in [-0.2, -0.15) is 0 Å². The van der Waals surface area contributed by atoms with Gasteiger partial charge >= 0.3 is 0 Å². The predicted octanol–water partition coefficient (Wildman–Crippen LogP) is 2.12. The van der Waals surface area contributed by atoms with Crippen LogP contribution >= 0.6 is 11.6 Å². The molecule has 0 aromatic carbocycles. The van der Waals surface area contributed by atoms with Crippen LogP contribution in [0.25, 0.3) is 0 Å². The summed E-state index contributed by atoms with van der Waals surface area (Å²) in [5.41, 5.74) is 0. The SMILES string of the molecule is C=CCCNc1cc(Cl)ncn1. The molecule has 3 nitrogen and oxygen atoms in total. The predicted molar refractivity (Wildman–Crippen MR) is 50.3 cm³/mol. The summed E-state index contributed by atoms with van der Waals surface area (Å²) in [6.07, 6.45) is 4.18. The molecule has 0 bridgehead atoms. The van der Waals surface area contributed by atoms with Crippen molar-refractivity contribution < 1.29 is 0 Å². The highest BCUT2D eigenvalue weighted by molar-refractivity contribution is 6.29. The lowest BCUT2D eigenvalue weighted by molar-refractivity contribution is 1.04. The average Bonchev–Trinajstić information content (AvgIpc) is 2.05. The summed E-state index contributed by atoms with van der Waals surface area (Å²) in [6.45, 7) is 4.43. The van der Waals surface area contributed by atoms with Crippen molar-refractivity contribution in [3.8, 4) is 0 Å². The van der Waals surface area contributed by atoms with Crippen LogP contribution in [0.2, 0.25) is 5.15 Å². The van der Waals surface area contributed by atoms with Crippen LogP contribution < -0.4 is 5.32 Å². The Hall–Kier alpha value is -1.09. The summed E-state index contributed by atoms with van der Waals surface area (Å²) in [5, 5.41) is 3.53. The maximum absolute atomic E-state index is 5.65. The monoisotopic (exact) mass is 183 g/mol. The van der Waals surface area contributed by atoms with Crippen LogP contribution in [0.15, 0.2) is 25.0 Å². The van der Waals surface area contributed by atoms with E-state index in [0.29, 0.717) is 5.15 Å². The van der Waals surface area contributed by atoms with Crippen molar-refractivity contribution in [3.63, 3.8) is 0 Å². The standard InChI is InChI=1S/C8H10ClN3/c1-2-3-4-10-8-5-7(9)11-6-12-8/h2,5-6H,1,3-4H2,(H,10,11,12). The molecule has 4 heteroatoms. The number of hydrogen-bond acceptors (Lipinski definition) is 3. The molecule has 12 heavy (non-hydrogen) atoms. The van der Waals surface area contributed by atoms with Crippen LogP contribution in [-0.2, 0) is 0 Å². The Balaban J connectivity index is 2.46. The van der Waals surface area contributed by atoms with Gasteiger partial charge in [0.05, 0.1) is 0 Å². The van der Waals surface area contributed by atoms with E-state index in [1.54, 1.807) is 6.07 Å². The van der Waals surface area contributed by atoms with E-state index in [1.165, 1.54) is 6.33 Å². The molecule has 0 aliphatic carbocycles. The van der Waals surface area contributed by atoms with E-state index in [0.717, 1.165) is 18.8 Å². The average molecular weight is 184 g/mol. The van der Waals surface area contributed by atoms with Crippen molar-refractivity contribution in [1.82, 2.24) is 9.97 Å². The summed E-state index contributed by atoms with van der Waals surface area (Å²) in [5.74, 6) is 0.747. The number of hydrogen-bond donors (Lipinski definition) is 1. The van der Waals surface area contributed by atoms with Crippen LogP contribution in [0.1, 0.15) is 6.42 Å². The first-order valence-corrected chi connectivity index (χ1v) is 4.03. The van der Waals surface area contributed by atoms with Crippen LogP contribution in [0.5, 0.6) is 0 Å². The molecular formula is C8H10ClN3. The van der Waals surface area contributed by atoms with Gasteiger partial charge in [0.1, 0.15) is 17.3 Å². The Morgan fingerprint density at radius 3 is 3.08 bits per heavy atom. The highest BCUT2D eigenvalue weighted by Gasteiger charge is 1.93. The van der Waals surface area contributed by atoms with Crippen molar-refractivity contribution >= 4 is 17.4 Å². The molecule has 0 atom stereocenters. The van der Waals surface area contributed by atoms with Gasteiger partial charge < -0.3 is 5.32 Å². The second-order valence-electron chi connectivity index (χ2n) is 2.23. The van der Waals surface area contributed by atoms with Crippen molar-refractivity contribution in [3.05, 3.63) is 30.2 Å². The van der Waals surface area contributed by atoms with Gasteiger partial charge in [-0.1, -0.05) is 17.7 Å². The van der Waals surface area contributed by atoms with Gasteiger partial charge in [0, 0.05) is 12.6 Å². The molecule has 0 aliphatic rings. The molecule has 1 aromatic heterocycles. The van der Waals surface area contributed by atoms with Crippen LogP contribution in [0.4, 0.5) is 5.82 Å². The van der Waals surface area contributed by atoms with Crippen LogP contribution in [-0.4, -0.2) is 16.5 Å². The van der Waals surface area contributed by atoms with Gasteiger partial charge in [0.25, 0.3) is 0 Å². The fourth-order valence-electron chi connectivity index (χ4n) is 0.733. The summed E-state index contributed by atoms with van der Waals surface area (Å²) < 4.78 is 0. The molecule has 64 valence electrons. The second kappa shape index (κ2) is 4.72. The van der Waals surface area contributed by atoms with Gasteiger partial charge in [0.15, 0.2) is 0 Å². The highest BCUT2D eigenvalue weighted by Crippen LogP contribution is 2.07. The molecule has 1 heterocycles. The Morgan fingerprint density at radius 2 is 2.42 bits per heavy atom. The van der Waals surface area contributed by atoms with Gasteiger partial charge in [-0.25, -0.2) is 9.97 Å². The molecule has 0 saturated heterocycles. The number of anilines is 1. The minimum atomic E-state index is 0.450. The number of rotatable bonds is 4. The largest absolute Gasteiger partial charge is 0.370 e. The Kier molecular flexibility index (Phi) is 3.54. The van der Waals surface area contributed by atoms with Crippen LogP contribution in [0, 0.1) is 0 Å². The zero-order valence-electron chi connectivity index (χ0n) is 6.63. The molecule has 0 fully saturated rings. The fraction of sp³-hybridized carbons (Fsp3) is 0.250. The first-order chi connectivity index (χ1) is 5.83. The molecule has 0 spiro atoms. The van der Waals surface area contributed by atoms with Crippen molar-refractivity contribution in [2.75, 3.05) is 11.9 Å². The molecule has 0 aliphatic heterocycles. The van der Waals surface area contributed by atoms with E-state index >= 15 is 0 Å². The number of aromatic nitrogens is 2. The number of nitrogens with one attached hydrogen (secondary N) is 1. The smallest absolute Gasteiger partial charge is 0.134 e. The van der Waals surface area contributed by atoms with Crippen molar-refractivity contribution in [2.45, 2.75) is 6.42 Å². The fourth-order valence-corrected chi connectivity index (χ4v) is 0.880. The second-order valence-corrected chi connectivity index (χ2v) is 2.62. The molecule has 1 rings (SSSR count). The number of halogens is 1. The summed E-state index contributed by atoms with van der Waals surface area (Å²) in [7, 11) is 0. The lowest BCUT2D eigenvalue weighted by Gasteiger charge is -2.01. The zero-order valence-corrected chi connectivity index (χ0v) is 7.38. The lowest BCUT2D eigenvalue weighted by atomic mass is 10.4. The van der Waals surface area contributed by atoms with E-state index in [1.807, 2.05) is 6.08 Å². The van der Waals surface area contributed by atoms with Gasteiger partial charge in [-0.15, -0.1) is 6.58 Å². The zero-order chi connectivity index (χ0) is 8.81. The third kappa shape index (κ3) is 2.88. The molecule has 0 unspecified atom stereocenters. The molecule has 0 saturated carbocycles. The molecule has 0 radical (unpaired) electrons. The van der Waals surface area contributed by atoms with Gasteiger partial charge in [-0.3, -0.25) is 0 Å². The molecular weight excluding hydrogens is 174 g/mol. The lowest BCUT2D eigenvalue weighted by Crippen LogP contribution is -2.01. The summed E-state index contributed by atoms with van der Waals surface area (Å²) in [6, 6.07) is 1.69. The van der Waals surface area contributed by atoms with Gasteiger partial charge in [-0.05, 0) is 6.42 Å². The topological polar surface area (TPSA) is 37.8 Å². The molecule has 1 aromatic rings. The first-order valence-electron chi connectivity index (χ1n) is 3.65. The Bertz CT molecular complexity index is 262. The van der Waals surface area contributed by atoms with E-state index < -0.39 is 0 Å². The molecule has 0 amide bonds. The summed E-state index contributed by atoms with van der Waals surface area (Å²) >= 11 is 5.65. The minimum Gasteiger partial charge on any atom is -0.370 e.